The lowest BCUT2D eigenvalue weighted by Gasteiger charge is -2.09. The fourth-order valence-corrected chi connectivity index (χ4v) is 1.41. The predicted octanol–water partition coefficient (Wildman–Crippen LogP) is 2.81. The smallest absolute Gasteiger partial charge is 0.0790 e. The molecule has 66 valence electrons. The highest BCUT2D eigenvalue weighted by Gasteiger charge is 2.04. The Morgan fingerprint density at radius 2 is 2.25 bits per heavy atom. The molecule has 0 aliphatic rings. The minimum atomic E-state index is -0.331. The first-order chi connectivity index (χ1) is 5.74. The lowest BCUT2D eigenvalue weighted by molar-refractivity contribution is 0.166. The summed E-state index contributed by atoms with van der Waals surface area (Å²) in [5.41, 5.74) is 0.962. The van der Waals surface area contributed by atoms with Gasteiger partial charge in [0.25, 0.3) is 0 Å². The van der Waals surface area contributed by atoms with E-state index in [-0.39, 0.29) is 6.10 Å². The van der Waals surface area contributed by atoms with Gasteiger partial charge in [-0.3, -0.25) is 0 Å². The van der Waals surface area contributed by atoms with Gasteiger partial charge in [-0.15, -0.1) is 12.6 Å². The zero-order valence-corrected chi connectivity index (χ0v) is 8.09. The first-order valence-electron chi connectivity index (χ1n) is 4.21. The maximum atomic E-state index is 9.61. The third-order valence-corrected chi connectivity index (χ3v) is 2.10. The van der Waals surface area contributed by atoms with Gasteiger partial charge in [0.1, 0.15) is 0 Å². The Labute approximate surface area is 78.8 Å². The van der Waals surface area contributed by atoms with Gasteiger partial charge in [-0.05, 0) is 24.1 Å². The number of hydrogen-bond donors (Lipinski definition) is 2. The normalized spacial score (nSPS) is 12.9. The first-order valence-corrected chi connectivity index (χ1v) is 4.65. The average Bonchev–Trinajstić information content (AvgIpc) is 2.05. The highest BCUT2D eigenvalue weighted by molar-refractivity contribution is 7.80. The van der Waals surface area contributed by atoms with Gasteiger partial charge in [-0.2, -0.15) is 0 Å². The summed E-state index contributed by atoms with van der Waals surface area (Å²) in [5.74, 6) is 0. The van der Waals surface area contributed by atoms with E-state index in [0.29, 0.717) is 0 Å². The number of benzene rings is 1. The molecule has 1 unspecified atom stereocenters. The molecular formula is C10H14OS. The van der Waals surface area contributed by atoms with Gasteiger partial charge in [0.15, 0.2) is 0 Å². The molecule has 0 saturated carbocycles. The molecular weight excluding hydrogens is 168 g/mol. The van der Waals surface area contributed by atoms with E-state index in [9.17, 15) is 5.11 Å². The summed E-state index contributed by atoms with van der Waals surface area (Å²) in [6.45, 7) is 2.06. The fourth-order valence-electron chi connectivity index (χ4n) is 1.17. The van der Waals surface area contributed by atoms with Crippen LogP contribution in [0.5, 0.6) is 0 Å². The van der Waals surface area contributed by atoms with Crippen LogP contribution in [0.2, 0.25) is 0 Å². The standard InChI is InChI=1S/C10H14OS/c1-2-4-10(11)8-5-3-6-9(12)7-8/h3,5-7,10-12H,2,4H2,1H3. The molecule has 0 spiro atoms. The molecule has 12 heavy (non-hydrogen) atoms. The zero-order valence-electron chi connectivity index (χ0n) is 7.20. The molecule has 0 heterocycles. The van der Waals surface area contributed by atoms with Crippen molar-refractivity contribution in [1.29, 1.82) is 0 Å². The Hall–Kier alpha value is -0.470. The Balaban J connectivity index is 2.73. The van der Waals surface area contributed by atoms with Gasteiger partial charge >= 0.3 is 0 Å². The van der Waals surface area contributed by atoms with Crippen molar-refractivity contribution in [2.24, 2.45) is 0 Å². The van der Waals surface area contributed by atoms with E-state index >= 15 is 0 Å². The van der Waals surface area contributed by atoms with Crippen molar-refractivity contribution < 1.29 is 5.11 Å². The Morgan fingerprint density at radius 1 is 1.50 bits per heavy atom. The van der Waals surface area contributed by atoms with Crippen LogP contribution in [0.15, 0.2) is 29.2 Å². The molecule has 1 rings (SSSR count). The number of thiol groups is 1. The Kier molecular flexibility index (Phi) is 3.63. The van der Waals surface area contributed by atoms with Crippen molar-refractivity contribution in [3.05, 3.63) is 29.8 Å². The Morgan fingerprint density at radius 3 is 2.83 bits per heavy atom. The minimum absolute atomic E-state index is 0.331. The third-order valence-electron chi connectivity index (χ3n) is 1.82. The van der Waals surface area contributed by atoms with Crippen LogP contribution in [-0.4, -0.2) is 5.11 Å². The van der Waals surface area contributed by atoms with Gasteiger partial charge in [0, 0.05) is 4.90 Å². The summed E-state index contributed by atoms with van der Waals surface area (Å²) in [6.07, 6.45) is 1.48. The van der Waals surface area contributed by atoms with Gasteiger partial charge in [0.2, 0.25) is 0 Å². The second-order valence-corrected chi connectivity index (χ2v) is 3.42. The minimum Gasteiger partial charge on any atom is -0.388 e. The average molecular weight is 182 g/mol. The fraction of sp³-hybridized carbons (Fsp3) is 0.400. The van der Waals surface area contributed by atoms with E-state index in [4.69, 9.17) is 0 Å². The van der Waals surface area contributed by atoms with Crippen molar-refractivity contribution in [2.45, 2.75) is 30.8 Å². The van der Waals surface area contributed by atoms with Gasteiger partial charge in [0.05, 0.1) is 6.10 Å². The second-order valence-electron chi connectivity index (χ2n) is 2.90. The lowest BCUT2D eigenvalue weighted by Crippen LogP contribution is -1.95. The van der Waals surface area contributed by atoms with Crippen LogP contribution >= 0.6 is 12.6 Å². The van der Waals surface area contributed by atoms with Crippen LogP contribution in [0, 0.1) is 0 Å². The van der Waals surface area contributed by atoms with Crippen LogP contribution < -0.4 is 0 Å². The summed E-state index contributed by atoms with van der Waals surface area (Å²) in [5, 5.41) is 9.61. The van der Waals surface area contributed by atoms with E-state index in [1.165, 1.54) is 0 Å². The molecule has 0 aliphatic heterocycles. The number of aliphatic hydroxyl groups excluding tert-OH is 1. The molecule has 1 atom stereocenters. The summed E-state index contributed by atoms with van der Waals surface area (Å²) in [4.78, 5) is 0.905. The van der Waals surface area contributed by atoms with E-state index in [0.717, 1.165) is 23.3 Å². The first kappa shape index (κ1) is 9.62. The summed E-state index contributed by atoms with van der Waals surface area (Å²) < 4.78 is 0. The molecule has 0 saturated heterocycles. The molecule has 2 heteroatoms. The predicted molar refractivity (Wildman–Crippen MR) is 53.6 cm³/mol. The molecule has 1 aromatic rings. The van der Waals surface area contributed by atoms with Crippen molar-refractivity contribution >= 4 is 12.6 Å². The summed E-state index contributed by atoms with van der Waals surface area (Å²) in [7, 11) is 0. The van der Waals surface area contributed by atoms with Crippen molar-refractivity contribution in [3.63, 3.8) is 0 Å². The molecule has 0 amide bonds. The highest BCUT2D eigenvalue weighted by atomic mass is 32.1. The number of hydrogen-bond acceptors (Lipinski definition) is 2. The SMILES string of the molecule is CCCC(O)c1cccc(S)c1. The third kappa shape index (κ3) is 2.54. The largest absolute Gasteiger partial charge is 0.388 e. The van der Waals surface area contributed by atoms with Gasteiger partial charge in [-0.1, -0.05) is 25.5 Å². The van der Waals surface area contributed by atoms with Crippen LogP contribution in [0.4, 0.5) is 0 Å². The van der Waals surface area contributed by atoms with Gasteiger partial charge in [-0.25, -0.2) is 0 Å². The van der Waals surface area contributed by atoms with E-state index < -0.39 is 0 Å². The van der Waals surface area contributed by atoms with Crippen molar-refractivity contribution in [3.8, 4) is 0 Å². The van der Waals surface area contributed by atoms with Crippen LogP contribution in [0.1, 0.15) is 31.4 Å². The highest BCUT2D eigenvalue weighted by Crippen LogP contribution is 2.20. The Bertz CT molecular complexity index is 247. The zero-order chi connectivity index (χ0) is 8.97. The summed E-state index contributed by atoms with van der Waals surface area (Å²) >= 11 is 4.21. The molecule has 1 nitrogen and oxygen atoms in total. The number of rotatable bonds is 3. The van der Waals surface area contributed by atoms with E-state index in [2.05, 4.69) is 19.6 Å². The van der Waals surface area contributed by atoms with Crippen LogP contribution in [0.25, 0.3) is 0 Å². The van der Waals surface area contributed by atoms with Crippen LogP contribution in [-0.2, 0) is 0 Å². The van der Waals surface area contributed by atoms with Crippen molar-refractivity contribution in [1.82, 2.24) is 0 Å². The molecule has 1 aromatic carbocycles. The summed E-state index contributed by atoms with van der Waals surface area (Å²) in [6, 6.07) is 7.66. The van der Waals surface area contributed by atoms with Gasteiger partial charge < -0.3 is 5.11 Å². The molecule has 0 bridgehead atoms. The lowest BCUT2D eigenvalue weighted by atomic mass is 10.1. The second kappa shape index (κ2) is 4.53. The molecule has 0 aliphatic carbocycles. The monoisotopic (exact) mass is 182 g/mol. The molecule has 1 N–H and O–H groups in total. The van der Waals surface area contributed by atoms with Crippen molar-refractivity contribution in [2.75, 3.05) is 0 Å². The topological polar surface area (TPSA) is 20.2 Å². The quantitative estimate of drug-likeness (QED) is 0.689. The number of aliphatic hydroxyl groups is 1. The maximum Gasteiger partial charge on any atom is 0.0790 e. The maximum absolute atomic E-state index is 9.61. The molecule has 0 aromatic heterocycles. The van der Waals surface area contributed by atoms with Crippen LogP contribution in [0.3, 0.4) is 0 Å². The molecule has 0 fully saturated rings. The molecule has 0 radical (unpaired) electrons. The van der Waals surface area contributed by atoms with E-state index in [1.807, 2.05) is 24.3 Å². The van der Waals surface area contributed by atoms with E-state index in [1.54, 1.807) is 0 Å².